The average Bonchev–Trinajstić information content (AvgIpc) is 2.81. The minimum absolute atomic E-state index is 0.218. The minimum atomic E-state index is 0.218. The third-order valence-corrected chi connectivity index (χ3v) is 8.56. The largest absolute Gasteiger partial charge is 0.354 e. The molecule has 1 amide bonds. The number of piperazine rings is 1. The van der Waals surface area contributed by atoms with E-state index in [-0.39, 0.29) is 10.8 Å². The molecule has 0 spiro atoms. The zero-order chi connectivity index (χ0) is 23.9. The van der Waals surface area contributed by atoms with E-state index < -0.39 is 0 Å². The topological polar surface area (TPSA) is 39.7 Å². The summed E-state index contributed by atoms with van der Waals surface area (Å²) in [5.41, 5.74) is 4.75. The van der Waals surface area contributed by atoms with Gasteiger partial charge in [0.2, 0.25) is 5.91 Å². The predicted octanol–water partition coefficient (Wildman–Crippen LogP) is 4.40. The maximum atomic E-state index is 12.9. The highest BCUT2D eigenvalue weighted by Gasteiger charge is 2.38. The predicted molar refractivity (Wildman–Crippen MR) is 138 cm³/mol. The molecule has 3 heterocycles. The van der Waals surface area contributed by atoms with Gasteiger partial charge in [-0.3, -0.25) is 9.69 Å². The Labute approximate surface area is 205 Å². The van der Waals surface area contributed by atoms with Crippen molar-refractivity contribution in [3.05, 3.63) is 59.3 Å². The quantitative estimate of drug-likeness (QED) is 0.663. The number of fused-ring (bicyclic) bond motifs is 1. The summed E-state index contributed by atoms with van der Waals surface area (Å²) in [5, 5.41) is 0. The van der Waals surface area contributed by atoms with E-state index in [1.807, 2.05) is 12.3 Å². The normalized spacial score (nSPS) is 22.2. The fourth-order valence-corrected chi connectivity index (χ4v) is 5.95. The number of aromatic nitrogens is 1. The SMILES string of the molecule is CC1(C)CCC(C)(C)c2cc(CCC(=O)N3CC(N4CCN(c5ccccn5)CC4)C3)ccc21. The molecule has 2 aliphatic heterocycles. The first-order valence-electron chi connectivity index (χ1n) is 13.0. The molecule has 3 aliphatic rings. The summed E-state index contributed by atoms with van der Waals surface area (Å²) in [5.74, 6) is 1.38. The monoisotopic (exact) mass is 460 g/mol. The minimum Gasteiger partial charge on any atom is -0.354 e. The van der Waals surface area contributed by atoms with Crippen molar-refractivity contribution in [3.8, 4) is 0 Å². The highest BCUT2D eigenvalue weighted by molar-refractivity contribution is 5.77. The maximum absolute atomic E-state index is 12.9. The second kappa shape index (κ2) is 8.99. The first-order chi connectivity index (χ1) is 16.2. The van der Waals surface area contributed by atoms with Crippen molar-refractivity contribution >= 4 is 11.7 Å². The summed E-state index contributed by atoms with van der Waals surface area (Å²) in [7, 11) is 0. The molecule has 1 aliphatic carbocycles. The fourth-order valence-electron chi connectivity index (χ4n) is 5.95. The van der Waals surface area contributed by atoms with Gasteiger partial charge in [0.25, 0.3) is 0 Å². The Morgan fingerprint density at radius 1 is 0.941 bits per heavy atom. The van der Waals surface area contributed by atoms with Crippen LogP contribution in [0.2, 0.25) is 0 Å². The van der Waals surface area contributed by atoms with E-state index in [4.69, 9.17) is 0 Å². The first-order valence-corrected chi connectivity index (χ1v) is 13.0. The van der Waals surface area contributed by atoms with Crippen LogP contribution in [-0.2, 0) is 22.0 Å². The molecule has 2 fully saturated rings. The smallest absolute Gasteiger partial charge is 0.223 e. The summed E-state index contributed by atoms with van der Waals surface area (Å²) in [4.78, 5) is 24.3. The summed E-state index contributed by atoms with van der Waals surface area (Å²) in [6, 6.07) is 13.6. The molecular formula is C29H40N4O. The van der Waals surface area contributed by atoms with Crippen LogP contribution in [0.5, 0.6) is 0 Å². The highest BCUT2D eigenvalue weighted by atomic mass is 16.2. The molecule has 0 unspecified atom stereocenters. The third kappa shape index (κ3) is 4.59. The highest BCUT2D eigenvalue weighted by Crippen LogP contribution is 2.46. The van der Waals surface area contributed by atoms with E-state index in [1.54, 1.807) is 0 Å². The van der Waals surface area contributed by atoms with Gasteiger partial charge in [-0.05, 0) is 58.9 Å². The van der Waals surface area contributed by atoms with E-state index in [1.165, 1.54) is 29.5 Å². The van der Waals surface area contributed by atoms with E-state index in [2.05, 4.69) is 77.7 Å². The summed E-state index contributed by atoms with van der Waals surface area (Å²) in [6.45, 7) is 15.3. The molecule has 0 radical (unpaired) electrons. The molecule has 0 atom stereocenters. The van der Waals surface area contributed by atoms with Crippen molar-refractivity contribution in [1.82, 2.24) is 14.8 Å². The van der Waals surface area contributed by atoms with Gasteiger partial charge in [0.05, 0.1) is 0 Å². The number of carbonyl (C=O) groups is 1. The van der Waals surface area contributed by atoms with Crippen LogP contribution in [-0.4, -0.2) is 66.0 Å². The molecule has 2 aromatic rings. The van der Waals surface area contributed by atoms with Crippen LogP contribution >= 0.6 is 0 Å². The molecule has 5 heteroatoms. The second-order valence-electron chi connectivity index (χ2n) is 11.8. The number of amides is 1. The number of hydrogen-bond donors (Lipinski definition) is 0. The molecule has 5 rings (SSSR count). The van der Waals surface area contributed by atoms with Crippen LogP contribution in [0.25, 0.3) is 0 Å². The number of aryl methyl sites for hydroxylation is 1. The number of carbonyl (C=O) groups excluding carboxylic acids is 1. The van der Waals surface area contributed by atoms with Crippen LogP contribution < -0.4 is 4.90 Å². The van der Waals surface area contributed by atoms with Crippen molar-refractivity contribution in [2.24, 2.45) is 0 Å². The standard InChI is InChI=1S/C29H40N4O/c1-28(2)12-13-29(3,4)25-19-22(8-10-24(25)28)9-11-27(34)33-20-23(21-33)31-15-17-32(18-16-31)26-7-5-6-14-30-26/h5-8,10,14,19,23H,9,11-13,15-18,20-21H2,1-4H3. The Morgan fingerprint density at radius 3 is 2.32 bits per heavy atom. The molecule has 182 valence electrons. The van der Waals surface area contributed by atoms with Crippen molar-refractivity contribution < 1.29 is 4.79 Å². The summed E-state index contributed by atoms with van der Waals surface area (Å²) in [6.07, 6.45) is 5.78. The molecular weight excluding hydrogens is 420 g/mol. The van der Waals surface area contributed by atoms with Gasteiger partial charge in [0.15, 0.2) is 0 Å². The van der Waals surface area contributed by atoms with Crippen LogP contribution in [0.3, 0.4) is 0 Å². The molecule has 34 heavy (non-hydrogen) atoms. The lowest BCUT2D eigenvalue weighted by Crippen LogP contribution is -2.64. The van der Waals surface area contributed by atoms with Gasteiger partial charge >= 0.3 is 0 Å². The first kappa shape index (κ1) is 23.3. The number of nitrogens with zero attached hydrogens (tertiary/aromatic N) is 4. The van der Waals surface area contributed by atoms with Crippen LogP contribution in [0.1, 0.15) is 63.6 Å². The number of pyridine rings is 1. The van der Waals surface area contributed by atoms with Crippen molar-refractivity contribution in [3.63, 3.8) is 0 Å². The van der Waals surface area contributed by atoms with Gasteiger partial charge in [0.1, 0.15) is 5.82 Å². The summed E-state index contributed by atoms with van der Waals surface area (Å²) >= 11 is 0. The lowest BCUT2D eigenvalue weighted by atomic mass is 9.63. The van der Waals surface area contributed by atoms with Gasteiger partial charge in [-0.2, -0.15) is 0 Å². The summed E-state index contributed by atoms with van der Waals surface area (Å²) < 4.78 is 0. The lowest BCUT2D eigenvalue weighted by molar-refractivity contribution is -0.138. The number of likely N-dealkylation sites (tertiary alicyclic amines) is 1. The Hall–Kier alpha value is -2.40. The van der Waals surface area contributed by atoms with Gasteiger partial charge in [0, 0.05) is 57.9 Å². The number of rotatable bonds is 5. The zero-order valence-electron chi connectivity index (χ0n) is 21.4. The van der Waals surface area contributed by atoms with Crippen LogP contribution in [0, 0.1) is 0 Å². The van der Waals surface area contributed by atoms with E-state index >= 15 is 0 Å². The van der Waals surface area contributed by atoms with Gasteiger partial charge in [-0.1, -0.05) is 52.0 Å². The van der Waals surface area contributed by atoms with Gasteiger partial charge in [-0.15, -0.1) is 0 Å². The number of benzene rings is 1. The van der Waals surface area contributed by atoms with Crippen molar-refractivity contribution in [2.75, 3.05) is 44.2 Å². The Bertz CT molecular complexity index is 1020. The molecule has 2 saturated heterocycles. The van der Waals surface area contributed by atoms with Gasteiger partial charge in [-0.25, -0.2) is 4.98 Å². The fraction of sp³-hybridized carbons (Fsp3) is 0.586. The Kier molecular flexibility index (Phi) is 6.18. The molecule has 1 aromatic carbocycles. The van der Waals surface area contributed by atoms with Crippen LogP contribution in [0.15, 0.2) is 42.6 Å². The van der Waals surface area contributed by atoms with E-state index in [0.29, 0.717) is 18.4 Å². The zero-order valence-corrected chi connectivity index (χ0v) is 21.4. The van der Waals surface area contributed by atoms with E-state index in [0.717, 1.165) is 51.5 Å². The molecule has 1 aromatic heterocycles. The van der Waals surface area contributed by atoms with Crippen molar-refractivity contribution in [2.45, 2.75) is 70.3 Å². The molecule has 0 bridgehead atoms. The Balaban J connectivity index is 1.10. The molecule has 0 saturated carbocycles. The number of hydrogen-bond acceptors (Lipinski definition) is 4. The molecule has 0 N–H and O–H groups in total. The molecule has 5 nitrogen and oxygen atoms in total. The lowest BCUT2D eigenvalue weighted by Gasteiger charge is -2.48. The third-order valence-electron chi connectivity index (χ3n) is 8.56. The van der Waals surface area contributed by atoms with Crippen molar-refractivity contribution in [1.29, 1.82) is 0 Å². The Morgan fingerprint density at radius 2 is 1.65 bits per heavy atom. The number of anilines is 1. The van der Waals surface area contributed by atoms with Gasteiger partial charge < -0.3 is 9.80 Å². The van der Waals surface area contributed by atoms with E-state index in [9.17, 15) is 4.79 Å². The maximum Gasteiger partial charge on any atom is 0.223 e. The van der Waals surface area contributed by atoms with Crippen LogP contribution in [0.4, 0.5) is 5.82 Å². The second-order valence-corrected chi connectivity index (χ2v) is 11.8. The average molecular weight is 461 g/mol.